The fourth-order valence-corrected chi connectivity index (χ4v) is 4.80. The first-order valence-electron chi connectivity index (χ1n) is 8.45. The molecular formula is C17H20ClN3O3S. The van der Waals surface area contributed by atoms with Crippen LogP contribution in [0.25, 0.3) is 0 Å². The first-order valence-corrected chi connectivity index (χ1v) is 9.70. The van der Waals surface area contributed by atoms with Gasteiger partial charge >= 0.3 is 0 Å². The second kappa shape index (κ2) is 6.79. The van der Waals surface area contributed by atoms with Crippen molar-refractivity contribution in [3.05, 3.63) is 29.3 Å². The molecule has 0 bridgehead atoms. The Bertz CT molecular complexity index is 695. The molecule has 0 aromatic heterocycles. The van der Waals surface area contributed by atoms with E-state index in [4.69, 9.17) is 11.6 Å². The number of benzene rings is 1. The number of halogens is 1. The zero-order valence-electron chi connectivity index (χ0n) is 13.4. The average Bonchev–Trinajstić information content (AvgIpc) is 3.30. The van der Waals surface area contributed by atoms with Crippen LogP contribution in [-0.2, 0) is 4.79 Å². The minimum atomic E-state index is -0.952. The lowest BCUT2D eigenvalue weighted by Crippen LogP contribution is -2.54. The quantitative estimate of drug-likeness (QED) is 0.638. The number of amides is 1. The fourth-order valence-electron chi connectivity index (χ4n) is 3.30. The van der Waals surface area contributed by atoms with E-state index in [0.717, 1.165) is 18.5 Å². The number of amidine groups is 1. The molecule has 1 amide bonds. The van der Waals surface area contributed by atoms with Gasteiger partial charge in [-0.2, -0.15) is 0 Å². The number of rotatable bonds is 3. The molecule has 3 aliphatic rings. The maximum atomic E-state index is 12.5. The molecule has 5 unspecified atom stereocenters. The fraction of sp³-hybridized carbons (Fsp3) is 0.529. The molecule has 1 aliphatic heterocycles. The van der Waals surface area contributed by atoms with Crippen LogP contribution >= 0.6 is 23.4 Å². The molecule has 8 heteroatoms. The third-order valence-corrected chi connectivity index (χ3v) is 6.41. The van der Waals surface area contributed by atoms with Crippen LogP contribution in [0.5, 0.6) is 0 Å². The van der Waals surface area contributed by atoms with Crippen LogP contribution in [0.4, 0.5) is 5.69 Å². The molecule has 2 saturated carbocycles. The number of aliphatic hydroxyl groups excluding tert-OH is 2. The van der Waals surface area contributed by atoms with Gasteiger partial charge < -0.3 is 20.8 Å². The molecule has 5 atom stereocenters. The van der Waals surface area contributed by atoms with E-state index >= 15 is 0 Å². The van der Waals surface area contributed by atoms with Gasteiger partial charge in [-0.3, -0.25) is 9.79 Å². The number of carbonyl (C=O) groups excluding carboxylic acids is 1. The molecule has 6 nitrogen and oxygen atoms in total. The second-order valence-electron chi connectivity index (χ2n) is 6.82. The van der Waals surface area contributed by atoms with Gasteiger partial charge in [0.2, 0.25) is 5.91 Å². The summed E-state index contributed by atoms with van der Waals surface area (Å²) < 4.78 is 0. The Morgan fingerprint density at radius 1 is 1.24 bits per heavy atom. The highest BCUT2D eigenvalue weighted by atomic mass is 35.5. The van der Waals surface area contributed by atoms with Crippen LogP contribution in [0.2, 0.25) is 5.02 Å². The second-order valence-corrected chi connectivity index (χ2v) is 8.43. The van der Waals surface area contributed by atoms with E-state index in [1.807, 2.05) is 12.1 Å². The lowest BCUT2D eigenvalue weighted by atomic mass is 9.81. The summed E-state index contributed by atoms with van der Waals surface area (Å²) in [6, 6.07) is 7.03. The number of nitrogens with zero attached hydrogens (tertiary/aromatic N) is 1. The summed E-state index contributed by atoms with van der Waals surface area (Å²) >= 11 is 7.35. The van der Waals surface area contributed by atoms with E-state index in [2.05, 4.69) is 15.6 Å². The SMILES string of the molecule is O=C(NC1CC1)C1CC(O)C(O)C2N=C(Nc3ccc(Cl)cc3)SC12. The van der Waals surface area contributed by atoms with Crippen LogP contribution in [0.3, 0.4) is 0 Å². The highest BCUT2D eigenvalue weighted by Gasteiger charge is 2.50. The third-order valence-electron chi connectivity index (χ3n) is 4.84. The van der Waals surface area contributed by atoms with E-state index in [-0.39, 0.29) is 29.5 Å². The number of aliphatic imine (C=N–C) groups is 1. The third kappa shape index (κ3) is 3.65. The summed E-state index contributed by atoms with van der Waals surface area (Å²) in [6.45, 7) is 0. The number of hydrogen-bond donors (Lipinski definition) is 4. The number of aliphatic hydroxyl groups is 2. The van der Waals surface area contributed by atoms with E-state index in [1.165, 1.54) is 11.8 Å². The first kappa shape index (κ1) is 17.1. The van der Waals surface area contributed by atoms with Crippen molar-refractivity contribution < 1.29 is 15.0 Å². The molecule has 1 aromatic rings. The van der Waals surface area contributed by atoms with Gasteiger partial charge in [-0.25, -0.2) is 0 Å². The Morgan fingerprint density at radius 3 is 2.64 bits per heavy atom. The van der Waals surface area contributed by atoms with E-state index < -0.39 is 18.2 Å². The molecule has 4 rings (SSSR count). The van der Waals surface area contributed by atoms with Crippen molar-refractivity contribution in [3.63, 3.8) is 0 Å². The van der Waals surface area contributed by atoms with Crippen molar-refractivity contribution in [2.24, 2.45) is 10.9 Å². The molecular weight excluding hydrogens is 362 g/mol. The number of fused-ring (bicyclic) bond motifs is 1. The van der Waals surface area contributed by atoms with Crippen molar-refractivity contribution in [1.82, 2.24) is 5.32 Å². The molecule has 0 saturated heterocycles. The number of anilines is 1. The lowest BCUT2D eigenvalue weighted by molar-refractivity contribution is -0.129. The number of thioether (sulfide) groups is 1. The molecule has 4 N–H and O–H groups in total. The molecule has 134 valence electrons. The van der Waals surface area contributed by atoms with Gasteiger partial charge in [0.15, 0.2) is 5.17 Å². The summed E-state index contributed by atoms with van der Waals surface area (Å²) in [5.74, 6) is -0.402. The van der Waals surface area contributed by atoms with Crippen LogP contribution in [-0.4, -0.2) is 50.8 Å². The molecule has 1 aromatic carbocycles. The maximum absolute atomic E-state index is 12.5. The Morgan fingerprint density at radius 2 is 1.96 bits per heavy atom. The minimum absolute atomic E-state index is 0.0427. The Labute approximate surface area is 155 Å². The molecule has 2 aliphatic carbocycles. The topological polar surface area (TPSA) is 94.0 Å². The van der Waals surface area contributed by atoms with Crippen LogP contribution in [0.1, 0.15) is 19.3 Å². The zero-order chi connectivity index (χ0) is 17.6. The predicted octanol–water partition coefficient (Wildman–Crippen LogP) is 1.61. The lowest BCUT2D eigenvalue weighted by Gasteiger charge is -2.37. The first-order chi connectivity index (χ1) is 12.0. The monoisotopic (exact) mass is 381 g/mol. The molecule has 0 radical (unpaired) electrons. The van der Waals surface area contributed by atoms with Crippen molar-refractivity contribution in [3.8, 4) is 0 Å². The summed E-state index contributed by atoms with van der Waals surface area (Å²) in [5.41, 5.74) is 0.836. The van der Waals surface area contributed by atoms with Gasteiger partial charge in [-0.15, -0.1) is 0 Å². The predicted molar refractivity (Wildman–Crippen MR) is 99.0 cm³/mol. The standard InChI is InChI=1S/C17H20ClN3O3S/c18-8-1-3-10(4-2-8)20-17-21-13-14(23)12(22)7-11(15(13)25-17)16(24)19-9-5-6-9/h1-4,9,11-15,22-23H,5-7H2,(H,19,24)(H,20,21). The van der Waals surface area contributed by atoms with Crippen molar-refractivity contribution in [2.75, 3.05) is 5.32 Å². The van der Waals surface area contributed by atoms with Crippen LogP contribution < -0.4 is 10.6 Å². The zero-order valence-corrected chi connectivity index (χ0v) is 15.0. The molecule has 2 fully saturated rings. The van der Waals surface area contributed by atoms with Gasteiger partial charge in [0.1, 0.15) is 6.10 Å². The van der Waals surface area contributed by atoms with Gasteiger partial charge in [-0.1, -0.05) is 23.4 Å². The van der Waals surface area contributed by atoms with Crippen LogP contribution in [0.15, 0.2) is 29.3 Å². The van der Waals surface area contributed by atoms with Crippen molar-refractivity contribution >= 4 is 40.1 Å². The average molecular weight is 382 g/mol. The largest absolute Gasteiger partial charge is 0.390 e. The van der Waals surface area contributed by atoms with E-state index in [0.29, 0.717) is 10.2 Å². The van der Waals surface area contributed by atoms with Crippen LogP contribution in [0, 0.1) is 5.92 Å². The van der Waals surface area contributed by atoms with E-state index in [1.54, 1.807) is 12.1 Å². The number of hydrogen-bond acceptors (Lipinski definition) is 6. The Balaban J connectivity index is 1.49. The highest BCUT2D eigenvalue weighted by molar-refractivity contribution is 8.15. The number of nitrogens with one attached hydrogen (secondary N) is 2. The van der Waals surface area contributed by atoms with Crippen molar-refractivity contribution in [2.45, 2.75) is 48.8 Å². The maximum Gasteiger partial charge on any atom is 0.224 e. The summed E-state index contributed by atoms with van der Waals surface area (Å²) in [6.07, 6.45) is 0.412. The van der Waals surface area contributed by atoms with Crippen molar-refractivity contribution in [1.29, 1.82) is 0 Å². The summed E-state index contributed by atoms with van der Waals surface area (Å²) in [4.78, 5) is 17.1. The van der Waals surface area contributed by atoms with Gasteiger partial charge in [-0.05, 0) is 43.5 Å². The Kier molecular flexibility index (Phi) is 4.66. The molecule has 0 spiro atoms. The number of carbonyl (C=O) groups is 1. The Hall–Kier alpha value is -1.28. The molecule has 25 heavy (non-hydrogen) atoms. The highest BCUT2D eigenvalue weighted by Crippen LogP contribution is 2.41. The summed E-state index contributed by atoms with van der Waals surface area (Å²) in [7, 11) is 0. The summed E-state index contributed by atoms with van der Waals surface area (Å²) in [5, 5.41) is 27.8. The normalized spacial score (nSPS) is 34.2. The minimum Gasteiger partial charge on any atom is -0.390 e. The van der Waals surface area contributed by atoms with E-state index in [9.17, 15) is 15.0 Å². The molecule has 1 heterocycles. The van der Waals surface area contributed by atoms with Gasteiger partial charge in [0, 0.05) is 22.0 Å². The van der Waals surface area contributed by atoms with Gasteiger partial charge in [0.05, 0.1) is 18.1 Å². The smallest absolute Gasteiger partial charge is 0.224 e. The van der Waals surface area contributed by atoms with Gasteiger partial charge in [0.25, 0.3) is 0 Å².